The number of amides is 1. The van der Waals surface area contributed by atoms with Gasteiger partial charge >= 0.3 is 0 Å². The minimum Gasteiger partial charge on any atom is -0.497 e. The lowest BCUT2D eigenvalue weighted by molar-refractivity contribution is 0.0953. The van der Waals surface area contributed by atoms with Crippen LogP contribution in [0, 0.1) is 0 Å². The largest absolute Gasteiger partial charge is 0.497 e. The molecule has 6 heteroatoms. The predicted octanol–water partition coefficient (Wildman–Crippen LogP) is 3.33. The van der Waals surface area contributed by atoms with Crippen molar-refractivity contribution in [1.29, 1.82) is 0 Å². The summed E-state index contributed by atoms with van der Waals surface area (Å²) in [6, 6.07) is 16.7. The maximum absolute atomic E-state index is 12.3. The van der Waals surface area contributed by atoms with E-state index < -0.39 is 0 Å². The van der Waals surface area contributed by atoms with Gasteiger partial charge in [0.25, 0.3) is 5.91 Å². The van der Waals surface area contributed by atoms with Gasteiger partial charge in [-0.25, -0.2) is 0 Å². The minimum absolute atomic E-state index is 0.200. The highest BCUT2D eigenvalue weighted by atomic mass is 16.5. The van der Waals surface area contributed by atoms with Crippen LogP contribution >= 0.6 is 0 Å². The first-order chi connectivity index (χ1) is 12.7. The fraction of sp³-hybridized carbons (Fsp3) is 0.200. The van der Waals surface area contributed by atoms with E-state index in [1.807, 2.05) is 36.4 Å². The summed E-state index contributed by atoms with van der Waals surface area (Å²) in [5, 5.41) is 6.92. The van der Waals surface area contributed by atoms with E-state index in [4.69, 9.17) is 14.0 Å². The number of carbonyl (C=O) groups excluding carboxylic acids is 1. The minimum atomic E-state index is -0.200. The van der Waals surface area contributed by atoms with Crippen molar-refractivity contribution in [3.8, 4) is 22.8 Å². The lowest BCUT2D eigenvalue weighted by Gasteiger charge is -2.08. The molecule has 2 aromatic carbocycles. The van der Waals surface area contributed by atoms with Crippen molar-refractivity contribution in [1.82, 2.24) is 10.5 Å². The monoisotopic (exact) mass is 352 g/mol. The molecule has 3 aromatic rings. The van der Waals surface area contributed by atoms with Gasteiger partial charge in [-0.05, 0) is 12.1 Å². The van der Waals surface area contributed by atoms with Gasteiger partial charge in [-0.2, -0.15) is 0 Å². The molecular formula is C20H20N2O4. The van der Waals surface area contributed by atoms with Gasteiger partial charge in [0, 0.05) is 36.2 Å². The molecule has 0 aliphatic rings. The smallest absolute Gasteiger partial charge is 0.251 e. The van der Waals surface area contributed by atoms with Gasteiger partial charge in [0.05, 0.1) is 19.9 Å². The van der Waals surface area contributed by atoms with Crippen LogP contribution in [0.5, 0.6) is 11.5 Å². The first kappa shape index (κ1) is 17.5. The number of hydrogen-bond acceptors (Lipinski definition) is 5. The molecule has 0 aliphatic heterocycles. The van der Waals surface area contributed by atoms with Gasteiger partial charge in [0.2, 0.25) is 0 Å². The third-order valence-electron chi connectivity index (χ3n) is 3.90. The Hall–Kier alpha value is -3.28. The molecule has 0 spiro atoms. The van der Waals surface area contributed by atoms with Crippen molar-refractivity contribution in [2.45, 2.75) is 6.42 Å². The molecule has 0 radical (unpaired) electrons. The second kappa shape index (κ2) is 8.20. The molecule has 0 unspecified atom stereocenters. The molecule has 0 saturated heterocycles. The summed E-state index contributed by atoms with van der Waals surface area (Å²) >= 11 is 0. The summed E-state index contributed by atoms with van der Waals surface area (Å²) in [6.45, 7) is 0.444. The molecule has 134 valence electrons. The second-order valence-corrected chi connectivity index (χ2v) is 5.66. The van der Waals surface area contributed by atoms with Crippen LogP contribution in [-0.4, -0.2) is 31.8 Å². The quantitative estimate of drug-likeness (QED) is 0.706. The van der Waals surface area contributed by atoms with Crippen molar-refractivity contribution in [2.24, 2.45) is 0 Å². The molecule has 0 aliphatic carbocycles. The maximum atomic E-state index is 12.3. The lowest BCUT2D eigenvalue weighted by Crippen LogP contribution is -2.25. The molecule has 3 rings (SSSR count). The molecule has 1 heterocycles. The Morgan fingerprint density at radius 1 is 1.04 bits per heavy atom. The Labute approximate surface area is 151 Å². The fourth-order valence-electron chi connectivity index (χ4n) is 2.51. The zero-order valence-corrected chi connectivity index (χ0v) is 14.7. The van der Waals surface area contributed by atoms with E-state index in [1.54, 1.807) is 32.4 Å². The van der Waals surface area contributed by atoms with Crippen LogP contribution in [0.4, 0.5) is 0 Å². The summed E-state index contributed by atoms with van der Waals surface area (Å²) in [6.07, 6.45) is 0.573. The highest BCUT2D eigenvalue weighted by Crippen LogP contribution is 2.22. The Morgan fingerprint density at radius 3 is 2.38 bits per heavy atom. The van der Waals surface area contributed by atoms with Crippen LogP contribution in [0.15, 0.2) is 59.1 Å². The fourth-order valence-corrected chi connectivity index (χ4v) is 2.51. The van der Waals surface area contributed by atoms with Gasteiger partial charge in [-0.15, -0.1) is 0 Å². The average Bonchev–Trinajstić information content (AvgIpc) is 3.17. The predicted molar refractivity (Wildman–Crippen MR) is 97.5 cm³/mol. The van der Waals surface area contributed by atoms with E-state index in [1.165, 1.54) is 0 Å². The first-order valence-corrected chi connectivity index (χ1v) is 8.22. The van der Waals surface area contributed by atoms with Gasteiger partial charge in [-0.1, -0.05) is 35.5 Å². The first-order valence-electron chi connectivity index (χ1n) is 8.22. The molecule has 0 atom stereocenters. The summed E-state index contributed by atoms with van der Waals surface area (Å²) in [5.41, 5.74) is 2.23. The number of benzene rings is 2. The summed E-state index contributed by atoms with van der Waals surface area (Å²) < 4.78 is 15.7. The molecule has 0 saturated carbocycles. The Bertz CT molecular complexity index is 852. The van der Waals surface area contributed by atoms with Gasteiger partial charge < -0.3 is 19.3 Å². The topological polar surface area (TPSA) is 73.6 Å². The third-order valence-corrected chi connectivity index (χ3v) is 3.90. The van der Waals surface area contributed by atoms with Crippen LogP contribution in [0.2, 0.25) is 0 Å². The highest BCUT2D eigenvalue weighted by molar-refractivity contribution is 5.95. The molecule has 1 aromatic heterocycles. The van der Waals surface area contributed by atoms with Crippen molar-refractivity contribution in [3.63, 3.8) is 0 Å². The van der Waals surface area contributed by atoms with E-state index in [0.29, 0.717) is 35.8 Å². The molecule has 26 heavy (non-hydrogen) atoms. The standard InChI is InChI=1S/C20H20N2O4/c1-24-17-10-15(11-18(13-17)25-2)20(23)21-9-8-16-12-19(26-22-16)14-6-4-3-5-7-14/h3-7,10-13H,8-9H2,1-2H3,(H,21,23). The number of hydrogen-bond donors (Lipinski definition) is 1. The molecular weight excluding hydrogens is 332 g/mol. The normalized spacial score (nSPS) is 10.4. The van der Waals surface area contributed by atoms with E-state index in [9.17, 15) is 4.79 Å². The Balaban J connectivity index is 1.58. The Kier molecular flexibility index (Phi) is 5.53. The van der Waals surface area contributed by atoms with Crippen molar-refractivity contribution in [3.05, 3.63) is 65.9 Å². The molecule has 0 fully saturated rings. The van der Waals surface area contributed by atoms with Gasteiger partial charge in [0.15, 0.2) is 5.76 Å². The van der Waals surface area contributed by atoms with Crippen LogP contribution in [0.3, 0.4) is 0 Å². The third kappa shape index (κ3) is 4.22. The van der Waals surface area contributed by atoms with Crippen LogP contribution in [0.25, 0.3) is 11.3 Å². The number of methoxy groups -OCH3 is 2. The lowest BCUT2D eigenvalue weighted by atomic mass is 10.1. The Morgan fingerprint density at radius 2 is 1.73 bits per heavy atom. The summed E-state index contributed by atoms with van der Waals surface area (Å²) in [7, 11) is 3.09. The number of ether oxygens (including phenoxy) is 2. The van der Waals surface area contributed by atoms with E-state index in [2.05, 4.69) is 10.5 Å². The van der Waals surface area contributed by atoms with Crippen molar-refractivity contribution in [2.75, 3.05) is 20.8 Å². The number of nitrogens with one attached hydrogen (secondary N) is 1. The van der Waals surface area contributed by atoms with Crippen molar-refractivity contribution >= 4 is 5.91 Å². The van der Waals surface area contributed by atoms with E-state index in [-0.39, 0.29) is 5.91 Å². The van der Waals surface area contributed by atoms with Crippen molar-refractivity contribution < 1.29 is 18.8 Å². The van der Waals surface area contributed by atoms with Crippen LogP contribution in [-0.2, 0) is 6.42 Å². The second-order valence-electron chi connectivity index (χ2n) is 5.66. The van der Waals surface area contributed by atoms with Crippen LogP contribution < -0.4 is 14.8 Å². The van der Waals surface area contributed by atoms with E-state index >= 15 is 0 Å². The zero-order valence-electron chi connectivity index (χ0n) is 14.7. The SMILES string of the molecule is COc1cc(OC)cc(C(=O)NCCc2cc(-c3ccccc3)on2)c1. The number of rotatable bonds is 7. The highest BCUT2D eigenvalue weighted by Gasteiger charge is 2.11. The zero-order chi connectivity index (χ0) is 18.4. The van der Waals surface area contributed by atoms with E-state index in [0.717, 1.165) is 11.3 Å². The molecule has 0 bridgehead atoms. The molecule has 1 N–H and O–H groups in total. The number of nitrogens with zero attached hydrogens (tertiary/aromatic N) is 1. The maximum Gasteiger partial charge on any atom is 0.251 e. The number of carbonyl (C=O) groups is 1. The molecule has 6 nitrogen and oxygen atoms in total. The average molecular weight is 352 g/mol. The summed E-state index contributed by atoms with van der Waals surface area (Å²) in [4.78, 5) is 12.3. The van der Waals surface area contributed by atoms with Gasteiger partial charge in [-0.3, -0.25) is 4.79 Å². The molecule has 1 amide bonds. The van der Waals surface area contributed by atoms with Gasteiger partial charge in [0.1, 0.15) is 11.5 Å². The summed E-state index contributed by atoms with van der Waals surface area (Å²) in [5.74, 6) is 1.65. The van der Waals surface area contributed by atoms with Crippen LogP contribution in [0.1, 0.15) is 16.1 Å². The number of aromatic nitrogens is 1.